The molecule has 1 rings (SSSR count). The number of aromatic nitrogens is 3. The number of halogens is 1. The smallest absolute Gasteiger partial charge is 0.324 e. The molecule has 0 aliphatic rings. The fourth-order valence-corrected chi connectivity index (χ4v) is 1.02. The van der Waals surface area contributed by atoms with Crippen LogP contribution in [0.4, 0.5) is 5.95 Å². The summed E-state index contributed by atoms with van der Waals surface area (Å²) >= 11 is 5.72. The van der Waals surface area contributed by atoms with Crippen molar-refractivity contribution in [3.8, 4) is 18.4 Å². The third-order valence-electron chi connectivity index (χ3n) is 1.62. The van der Waals surface area contributed by atoms with Crippen molar-refractivity contribution in [2.24, 2.45) is 0 Å². The molecule has 0 fully saturated rings. The van der Waals surface area contributed by atoms with Gasteiger partial charge in [0.25, 0.3) is 0 Å². The number of ether oxygens (including phenoxy) is 1. The molecule has 1 heterocycles. The summed E-state index contributed by atoms with van der Waals surface area (Å²) in [5.41, 5.74) is -0.784. The maximum atomic E-state index is 5.72. The van der Waals surface area contributed by atoms with E-state index in [0.29, 0.717) is 12.5 Å². The van der Waals surface area contributed by atoms with Gasteiger partial charge in [0.05, 0.1) is 0 Å². The summed E-state index contributed by atoms with van der Waals surface area (Å²) in [6, 6.07) is 0.110. The van der Waals surface area contributed by atoms with Crippen LogP contribution in [0, 0.1) is 12.3 Å². The number of terminal acetylenes is 1. The highest BCUT2D eigenvalue weighted by atomic mass is 35.5. The summed E-state index contributed by atoms with van der Waals surface area (Å²) in [5, 5.41) is 2.98. The highest BCUT2D eigenvalue weighted by Crippen LogP contribution is 2.16. The molecule has 0 bridgehead atoms. The van der Waals surface area contributed by atoms with Gasteiger partial charge < -0.3 is 10.1 Å². The van der Waals surface area contributed by atoms with Crippen LogP contribution in [0.5, 0.6) is 6.01 Å². The van der Waals surface area contributed by atoms with Crippen LogP contribution in [0.1, 0.15) is 20.8 Å². The van der Waals surface area contributed by atoms with Gasteiger partial charge in [0.1, 0.15) is 0 Å². The summed E-state index contributed by atoms with van der Waals surface area (Å²) in [6.45, 7) is 6.07. The summed E-state index contributed by atoms with van der Waals surface area (Å²) in [7, 11) is 0. The second kappa shape index (κ2) is 4.99. The first-order chi connectivity index (χ1) is 7.46. The van der Waals surface area contributed by atoms with Crippen molar-refractivity contribution < 1.29 is 4.74 Å². The summed E-state index contributed by atoms with van der Waals surface area (Å²) in [5.74, 6) is 2.84. The van der Waals surface area contributed by atoms with E-state index in [1.165, 1.54) is 0 Å². The lowest BCUT2D eigenvalue weighted by Gasteiger charge is -2.18. The van der Waals surface area contributed by atoms with Crippen molar-refractivity contribution in [1.29, 1.82) is 0 Å². The van der Waals surface area contributed by atoms with E-state index in [0.717, 1.165) is 0 Å². The molecule has 1 N–H and O–H groups in total. The van der Waals surface area contributed by atoms with Gasteiger partial charge in [-0.05, 0) is 32.4 Å². The number of hydrogen-bond donors (Lipinski definition) is 1. The van der Waals surface area contributed by atoms with Crippen LogP contribution in [0.25, 0.3) is 0 Å². The number of hydrogen-bond acceptors (Lipinski definition) is 5. The second-order valence-electron chi connectivity index (χ2n) is 3.50. The maximum Gasteiger partial charge on any atom is 0.324 e. The molecule has 1 aromatic heterocycles. The molecule has 0 saturated heterocycles. The van der Waals surface area contributed by atoms with E-state index in [4.69, 9.17) is 22.8 Å². The topological polar surface area (TPSA) is 59.9 Å². The van der Waals surface area contributed by atoms with Crippen LogP contribution in [0.2, 0.25) is 5.28 Å². The number of rotatable bonds is 4. The first kappa shape index (κ1) is 12.5. The average molecular weight is 241 g/mol. The largest absolute Gasteiger partial charge is 0.444 e. The van der Waals surface area contributed by atoms with Gasteiger partial charge in [-0.2, -0.15) is 15.0 Å². The van der Waals surface area contributed by atoms with E-state index in [-0.39, 0.29) is 11.3 Å². The number of nitrogens with one attached hydrogen (secondary N) is 1. The Morgan fingerprint density at radius 3 is 2.69 bits per heavy atom. The summed E-state index contributed by atoms with van der Waals surface area (Å²) < 4.78 is 5.40. The molecule has 1 aromatic rings. The van der Waals surface area contributed by atoms with Crippen LogP contribution in [0.3, 0.4) is 0 Å². The van der Waals surface area contributed by atoms with Gasteiger partial charge in [-0.15, -0.1) is 6.42 Å². The van der Waals surface area contributed by atoms with Gasteiger partial charge in [-0.25, -0.2) is 0 Å². The standard InChI is InChI=1S/C10H13ClN4O/c1-5-10(3,4)16-9-14-7(11)13-8(15-9)12-6-2/h1H,6H2,2-4H3,(H,12,13,14,15). The number of nitrogens with zero attached hydrogens (tertiary/aromatic N) is 3. The van der Waals surface area contributed by atoms with Gasteiger partial charge in [0, 0.05) is 6.54 Å². The Bertz CT molecular complexity index is 414. The molecule has 0 aromatic carbocycles. The SMILES string of the molecule is C#CC(C)(C)Oc1nc(Cl)nc(NCC)n1. The molecule has 0 unspecified atom stereocenters. The van der Waals surface area contributed by atoms with Crippen molar-refractivity contribution in [3.05, 3.63) is 5.28 Å². The van der Waals surface area contributed by atoms with E-state index < -0.39 is 5.60 Å². The van der Waals surface area contributed by atoms with Crippen molar-refractivity contribution >= 4 is 17.5 Å². The van der Waals surface area contributed by atoms with Crippen molar-refractivity contribution in [3.63, 3.8) is 0 Å². The molecular weight excluding hydrogens is 228 g/mol. The Labute approximate surface area is 99.6 Å². The lowest BCUT2D eigenvalue weighted by Crippen LogP contribution is -2.26. The van der Waals surface area contributed by atoms with Crippen molar-refractivity contribution in [2.75, 3.05) is 11.9 Å². The summed E-state index contributed by atoms with van der Waals surface area (Å²) in [6.07, 6.45) is 5.29. The molecule has 0 aliphatic carbocycles. The van der Waals surface area contributed by atoms with E-state index in [1.807, 2.05) is 6.92 Å². The van der Waals surface area contributed by atoms with Gasteiger partial charge in [0.15, 0.2) is 5.60 Å². The minimum atomic E-state index is -0.784. The van der Waals surface area contributed by atoms with Gasteiger partial charge >= 0.3 is 6.01 Å². The van der Waals surface area contributed by atoms with Crippen molar-refractivity contribution in [1.82, 2.24) is 15.0 Å². The second-order valence-corrected chi connectivity index (χ2v) is 3.84. The van der Waals surface area contributed by atoms with Crippen LogP contribution >= 0.6 is 11.6 Å². The van der Waals surface area contributed by atoms with Crippen molar-refractivity contribution in [2.45, 2.75) is 26.4 Å². The lowest BCUT2D eigenvalue weighted by atomic mass is 10.2. The van der Waals surface area contributed by atoms with E-state index >= 15 is 0 Å². The Morgan fingerprint density at radius 1 is 1.44 bits per heavy atom. The van der Waals surface area contributed by atoms with E-state index in [1.54, 1.807) is 13.8 Å². The highest BCUT2D eigenvalue weighted by Gasteiger charge is 2.18. The molecule has 0 saturated carbocycles. The van der Waals surface area contributed by atoms with Crippen LogP contribution in [0.15, 0.2) is 0 Å². The Morgan fingerprint density at radius 2 is 2.12 bits per heavy atom. The van der Waals surface area contributed by atoms with E-state index in [2.05, 4.69) is 26.2 Å². The molecule has 5 nitrogen and oxygen atoms in total. The minimum Gasteiger partial charge on any atom is -0.444 e. The molecule has 0 atom stereocenters. The fourth-order valence-electron chi connectivity index (χ4n) is 0.872. The lowest BCUT2D eigenvalue weighted by molar-refractivity contribution is 0.156. The minimum absolute atomic E-state index is 0.0637. The molecule has 0 radical (unpaired) electrons. The zero-order valence-electron chi connectivity index (χ0n) is 9.41. The Kier molecular flexibility index (Phi) is 3.91. The molecule has 0 aliphatic heterocycles. The molecule has 86 valence electrons. The van der Waals surface area contributed by atoms with Gasteiger partial charge in [-0.3, -0.25) is 0 Å². The predicted octanol–water partition coefficient (Wildman–Crippen LogP) is 1.75. The maximum absolute atomic E-state index is 5.72. The van der Waals surface area contributed by atoms with Crippen LogP contribution in [-0.4, -0.2) is 27.1 Å². The first-order valence-electron chi connectivity index (χ1n) is 4.79. The third-order valence-corrected chi connectivity index (χ3v) is 1.79. The molecule has 0 spiro atoms. The molecular formula is C10H13ClN4O. The number of anilines is 1. The first-order valence-corrected chi connectivity index (χ1v) is 5.17. The zero-order chi connectivity index (χ0) is 12.2. The fraction of sp³-hybridized carbons (Fsp3) is 0.500. The third kappa shape index (κ3) is 3.55. The highest BCUT2D eigenvalue weighted by molar-refractivity contribution is 6.28. The summed E-state index contributed by atoms with van der Waals surface area (Å²) in [4.78, 5) is 11.7. The quantitative estimate of drug-likeness (QED) is 0.813. The van der Waals surface area contributed by atoms with Gasteiger partial charge in [-0.1, -0.05) is 5.92 Å². The average Bonchev–Trinajstić information content (AvgIpc) is 2.16. The predicted molar refractivity (Wildman–Crippen MR) is 62.5 cm³/mol. The Balaban J connectivity index is 2.93. The zero-order valence-corrected chi connectivity index (χ0v) is 10.2. The van der Waals surface area contributed by atoms with E-state index in [9.17, 15) is 0 Å². The monoisotopic (exact) mass is 240 g/mol. The Hall–Kier alpha value is -1.54. The normalized spacial score (nSPS) is 10.7. The molecule has 0 amide bonds. The van der Waals surface area contributed by atoms with Gasteiger partial charge in [0.2, 0.25) is 11.2 Å². The van der Waals surface area contributed by atoms with Crippen LogP contribution in [-0.2, 0) is 0 Å². The molecule has 16 heavy (non-hydrogen) atoms. The van der Waals surface area contributed by atoms with Crippen LogP contribution < -0.4 is 10.1 Å². The molecule has 6 heteroatoms.